The predicted molar refractivity (Wildman–Crippen MR) is 61.5 cm³/mol. The molecule has 0 radical (unpaired) electrons. The summed E-state index contributed by atoms with van der Waals surface area (Å²) < 4.78 is 2.08. The topological polar surface area (TPSA) is 29.9 Å². The molecule has 1 aliphatic carbocycles. The number of aromatic nitrogens is 2. The van der Waals surface area contributed by atoms with Gasteiger partial charge in [-0.15, -0.1) is 0 Å². The maximum atomic E-state index is 4.32. The lowest BCUT2D eigenvalue weighted by molar-refractivity contribution is 0.304. The highest BCUT2D eigenvalue weighted by atomic mass is 15.1. The number of aryl methyl sites for hydroxylation is 1. The zero-order valence-electron chi connectivity index (χ0n) is 9.74. The van der Waals surface area contributed by atoms with Gasteiger partial charge in [-0.3, -0.25) is 0 Å². The van der Waals surface area contributed by atoms with Gasteiger partial charge in [-0.05, 0) is 31.6 Å². The van der Waals surface area contributed by atoms with Gasteiger partial charge in [0.2, 0.25) is 0 Å². The van der Waals surface area contributed by atoms with Crippen molar-refractivity contribution in [2.75, 3.05) is 0 Å². The molecule has 1 aliphatic rings. The van der Waals surface area contributed by atoms with E-state index in [9.17, 15) is 0 Å². The molecule has 1 fully saturated rings. The molecule has 15 heavy (non-hydrogen) atoms. The van der Waals surface area contributed by atoms with Gasteiger partial charge in [0, 0.05) is 25.5 Å². The summed E-state index contributed by atoms with van der Waals surface area (Å²) in [7, 11) is 2.05. The summed E-state index contributed by atoms with van der Waals surface area (Å²) in [5.74, 6) is 2.06. The summed E-state index contributed by atoms with van der Waals surface area (Å²) >= 11 is 0. The Balaban J connectivity index is 1.77. The van der Waals surface area contributed by atoms with Crippen molar-refractivity contribution in [3.8, 4) is 0 Å². The van der Waals surface area contributed by atoms with Crippen molar-refractivity contribution >= 4 is 0 Å². The minimum atomic E-state index is 0.706. The van der Waals surface area contributed by atoms with Crippen LogP contribution in [0, 0.1) is 5.92 Å². The lowest BCUT2D eigenvalue weighted by atomic mass is 9.87. The average molecular weight is 207 g/mol. The average Bonchev–Trinajstić information content (AvgIpc) is 2.63. The summed E-state index contributed by atoms with van der Waals surface area (Å²) in [6.45, 7) is 3.26. The number of nitrogens with one attached hydrogen (secondary N) is 1. The Labute approximate surface area is 91.9 Å². The van der Waals surface area contributed by atoms with E-state index in [1.54, 1.807) is 0 Å². The second kappa shape index (κ2) is 4.79. The first-order chi connectivity index (χ1) is 7.25. The van der Waals surface area contributed by atoms with Crippen LogP contribution in [0.1, 0.15) is 38.4 Å². The van der Waals surface area contributed by atoms with Gasteiger partial charge in [-0.2, -0.15) is 0 Å². The zero-order chi connectivity index (χ0) is 10.7. The van der Waals surface area contributed by atoms with Gasteiger partial charge >= 0.3 is 0 Å². The minimum Gasteiger partial charge on any atom is -0.337 e. The van der Waals surface area contributed by atoms with Crippen molar-refractivity contribution < 1.29 is 0 Å². The zero-order valence-corrected chi connectivity index (χ0v) is 9.74. The molecule has 0 saturated heterocycles. The second-order valence-corrected chi connectivity index (χ2v) is 4.79. The molecular weight excluding hydrogens is 186 g/mol. The van der Waals surface area contributed by atoms with Crippen molar-refractivity contribution in [2.24, 2.45) is 13.0 Å². The number of hydrogen-bond acceptors (Lipinski definition) is 2. The largest absolute Gasteiger partial charge is 0.337 e. The molecule has 0 spiro atoms. The van der Waals surface area contributed by atoms with Crippen LogP contribution in [0.3, 0.4) is 0 Å². The van der Waals surface area contributed by atoms with Crippen LogP contribution in [0.15, 0.2) is 12.4 Å². The molecule has 1 heterocycles. The van der Waals surface area contributed by atoms with E-state index >= 15 is 0 Å². The molecule has 2 rings (SSSR count). The molecule has 0 amide bonds. The Bertz CT molecular complexity index is 298. The molecule has 0 bridgehead atoms. The van der Waals surface area contributed by atoms with Crippen molar-refractivity contribution in [1.82, 2.24) is 14.9 Å². The molecule has 0 aliphatic heterocycles. The molecule has 1 N–H and O–H groups in total. The van der Waals surface area contributed by atoms with E-state index in [4.69, 9.17) is 0 Å². The summed E-state index contributed by atoms with van der Waals surface area (Å²) in [6, 6.07) is 0.706. The third-order valence-corrected chi connectivity index (χ3v) is 3.49. The van der Waals surface area contributed by atoms with E-state index < -0.39 is 0 Å². The fourth-order valence-electron chi connectivity index (χ4n) is 2.27. The fraction of sp³-hybridized carbons (Fsp3) is 0.750. The molecular formula is C12H21N3. The Morgan fingerprint density at radius 1 is 1.40 bits per heavy atom. The third-order valence-electron chi connectivity index (χ3n) is 3.49. The molecule has 3 heteroatoms. The van der Waals surface area contributed by atoms with E-state index in [0.717, 1.165) is 18.3 Å². The highest BCUT2D eigenvalue weighted by Crippen LogP contribution is 2.23. The Kier molecular flexibility index (Phi) is 3.41. The lowest BCUT2D eigenvalue weighted by Crippen LogP contribution is -2.32. The maximum absolute atomic E-state index is 4.32. The van der Waals surface area contributed by atoms with Gasteiger partial charge in [0.05, 0.1) is 6.54 Å². The molecule has 0 unspecified atom stereocenters. The predicted octanol–water partition coefficient (Wildman–Crippen LogP) is 2.09. The van der Waals surface area contributed by atoms with Crippen molar-refractivity contribution in [1.29, 1.82) is 0 Å². The molecule has 3 nitrogen and oxygen atoms in total. The van der Waals surface area contributed by atoms with Crippen molar-refractivity contribution in [2.45, 2.75) is 45.2 Å². The van der Waals surface area contributed by atoms with E-state index in [1.165, 1.54) is 25.7 Å². The number of imidazole rings is 1. The van der Waals surface area contributed by atoms with Crippen LogP contribution >= 0.6 is 0 Å². The molecule has 1 saturated carbocycles. The maximum Gasteiger partial charge on any atom is 0.122 e. The Morgan fingerprint density at radius 2 is 2.13 bits per heavy atom. The van der Waals surface area contributed by atoms with Crippen molar-refractivity contribution in [3.05, 3.63) is 18.2 Å². The summed E-state index contributed by atoms with van der Waals surface area (Å²) in [5.41, 5.74) is 0. The number of hydrogen-bond donors (Lipinski definition) is 1. The standard InChI is InChI=1S/C12H21N3/c1-10-3-5-11(6-4-10)14-9-12-13-7-8-15(12)2/h7-8,10-11,14H,3-6,9H2,1-2H3. The van der Waals surface area contributed by atoms with Crippen LogP contribution in [0.5, 0.6) is 0 Å². The van der Waals surface area contributed by atoms with Crippen molar-refractivity contribution in [3.63, 3.8) is 0 Å². The van der Waals surface area contributed by atoms with Crippen LogP contribution in [0.2, 0.25) is 0 Å². The molecule has 0 atom stereocenters. The monoisotopic (exact) mass is 207 g/mol. The first-order valence-corrected chi connectivity index (χ1v) is 5.95. The molecule has 1 aromatic rings. The first kappa shape index (κ1) is 10.7. The minimum absolute atomic E-state index is 0.706. The van der Waals surface area contributed by atoms with Gasteiger partial charge in [0.25, 0.3) is 0 Å². The number of nitrogens with zero attached hydrogens (tertiary/aromatic N) is 2. The normalized spacial score (nSPS) is 26.8. The molecule has 84 valence electrons. The lowest BCUT2D eigenvalue weighted by Gasteiger charge is -2.26. The van der Waals surface area contributed by atoms with Crippen LogP contribution in [0.4, 0.5) is 0 Å². The van der Waals surface area contributed by atoms with Crippen LogP contribution in [-0.2, 0) is 13.6 Å². The molecule has 1 aromatic heterocycles. The molecule has 0 aromatic carbocycles. The third kappa shape index (κ3) is 2.81. The highest BCUT2D eigenvalue weighted by Gasteiger charge is 2.17. The second-order valence-electron chi connectivity index (χ2n) is 4.79. The summed E-state index contributed by atoms with van der Waals surface area (Å²) in [4.78, 5) is 4.32. The van der Waals surface area contributed by atoms with Gasteiger partial charge < -0.3 is 9.88 Å². The first-order valence-electron chi connectivity index (χ1n) is 5.95. The van der Waals surface area contributed by atoms with E-state index in [1.807, 2.05) is 19.4 Å². The Hall–Kier alpha value is -0.830. The van der Waals surface area contributed by atoms with Gasteiger partial charge in [0.15, 0.2) is 0 Å². The van der Waals surface area contributed by atoms with E-state index in [2.05, 4.69) is 21.8 Å². The van der Waals surface area contributed by atoms with E-state index in [-0.39, 0.29) is 0 Å². The summed E-state index contributed by atoms with van der Waals surface area (Å²) in [6.07, 6.45) is 9.26. The van der Waals surface area contributed by atoms with Gasteiger partial charge in [0.1, 0.15) is 5.82 Å². The van der Waals surface area contributed by atoms with Crippen LogP contribution in [-0.4, -0.2) is 15.6 Å². The number of rotatable bonds is 3. The summed E-state index contributed by atoms with van der Waals surface area (Å²) in [5, 5.41) is 3.60. The fourth-order valence-corrected chi connectivity index (χ4v) is 2.27. The van der Waals surface area contributed by atoms with Gasteiger partial charge in [-0.25, -0.2) is 4.98 Å². The SMILES string of the molecule is CC1CCC(NCc2nccn2C)CC1. The quantitative estimate of drug-likeness (QED) is 0.822. The highest BCUT2D eigenvalue weighted by molar-refractivity contribution is 4.91. The van der Waals surface area contributed by atoms with Crippen LogP contribution in [0.25, 0.3) is 0 Å². The van der Waals surface area contributed by atoms with Gasteiger partial charge in [-0.1, -0.05) is 6.92 Å². The van der Waals surface area contributed by atoms with Crippen LogP contribution < -0.4 is 5.32 Å². The van der Waals surface area contributed by atoms with E-state index in [0.29, 0.717) is 6.04 Å². The Morgan fingerprint density at radius 3 is 2.73 bits per heavy atom. The smallest absolute Gasteiger partial charge is 0.122 e.